The fourth-order valence-corrected chi connectivity index (χ4v) is 3.04. The van der Waals surface area contributed by atoms with Crippen LogP contribution < -0.4 is 5.32 Å². The van der Waals surface area contributed by atoms with Crippen molar-refractivity contribution in [3.8, 4) is 0 Å². The molecule has 1 amide bonds. The van der Waals surface area contributed by atoms with Crippen molar-refractivity contribution in [3.05, 3.63) is 29.8 Å². The summed E-state index contributed by atoms with van der Waals surface area (Å²) in [6.45, 7) is 4.11. The van der Waals surface area contributed by atoms with E-state index in [0.29, 0.717) is 5.56 Å². The second-order valence-electron chi connectivity index (χ2n) is 5.69. The third kappa shape index (κ3) is 5.10. The Kier molecular flexibility index (Phi) is 7.03. The molecule has 0 radical (unpaired) electrons. The van der Waals surface area contributed by atoms with Crippen molar-refractivity contribution in [2.45, 2.75) is 50.5 Å². The average Bonchev–Trinajstić information content (AvgIpc) is 2.47. The number of rotatable bonds is 8. The van der Waals surface area contributed by atoms with Crippen LogP contribution in [-0.2, 0) is 10.0 Å². The minimum Gasteiger partial charge on any atom is -0.350 e. The molecular weight excluding hydrogens is 300 g/mol. The Morgan fingerprint density at radius 1 is 1.27 bits per heavy atom. The third-order valence-corrected chi connectivity index (χ3v) is 5.30. The Balaban J connectivity index is 2.79. The summed E-state index contributed by atoms with van der Waals surface area (Å²) in [7, 11) is -0.585. The minimum atomic E-state index is -3.53. The highest BCUT2D eigenvalue weighted by Gasteiger charge is 2.19. The van der Waals surface area contributed by atoms with Gasteiger partial charge < -0.3 is 5.32 Å². The van der Waals surface area contributed by atoms with Crippen LogP contribution in [0, 0.1) is 0 Å². The fraction of sp³-hybridized carbons (Fsp3) is 0.562. The quantitative estimate of drug-likeness (QED) is 0.747. The molecule has 0 aliphatic rings. The summed E-state index contributed by atoms with van der Waals surface area (Å²) in [5.41, 5.74) is 0.366. The van der Waals surface area contributed by atoms with Gasteiger partial charge in [-0.05, 0) is 31.5 Å². The predicted molar refractivity (Wildman–Crippen MR) is 88.4 cm³/mol. The van der Waals surface area contributed by atoms with Crippen LogP contribution in [0.5, 0.6) is 0 Å². The van der Waals surface area contributed by atoms with Crippen LogP contribution in [0.1, 0.15) is 49.9 Å². The topological polar surface area (TPSA) is 66.5 Å². The molecule has 0 aliphatic carbocycles. The molecule has 0 saturated carbocycles. The first-order valence-corrected chi connectivity index (χ1v) is 9.06. The van der Waals surface area contributed by atoms with Gasteiger partial charge in [-0.15, -0.1) is 0 Å². The van der Waals surface area contributed by atoms with Crippen molar-refractivity contribution >= 4 is 15.9 Å². The molecule has 1 aromatic rings. The Morgan fingerprint density at radius 2 is 1.95 bits per heavy atom. The molecule has 0 fully saturated rings. The van der Waals surface area contributed by atoms with Gasteiger partial charge in [0.25, 0.3) is 5.91 Å². The van der Waals surface area contributed by atoms with Gasteiger partial charge in [0.15, 0.2) is 0 Å². The van der Waals surface area contributed by atoms with Crippen LogP contribution in [0.3, 0.4) is 0 Å². The van der Waals surface area contributed by atoms with Gasteiger partial charge in [0, 0.05) is 25.7 Å². The molecule has 0 unspecified atom stereocenters. The highest BCUT2D eigenvalue weighted by Crippen LogP contribution is 2.15. The highest BCUT2D eigenvalue weighted by molar-refractivity contribution is 7.89. The zero-order valence-electron chi connectivity index (χ0n) is 13.8. The molecule has 1 aromatic carbocycles. The maximum atomic E-state index is 12.2. The summed E-state index contributed by atoms with van der Waals surface area (Å²) in [6, 6.07) is 6.21. The van der Waals surface area contributed by atoms with Crippen molar-refractivity contribution in [1.29, 1.82) is 0 Å². The maximum Gasteiger partial charge on any atom is 0.251 e. The first-order chi connectivity index (χ1) is 10.3. The number of nitrogens with one attached hydrogen (secondary N) is 1. The molecular formula is C16H26N2O3S. The fourth-order valence-electron chi connectivity index (χ4n) is 2.09. The first kappa shape index (κ1) is 18.6. The van der Waals surface area contributed by atoms with E-state index in [1.165, 1.54) is 26.2 Å². The molecule has 0 aromatic heterocycles. The summed E-state index contributed by atoms with van der Waals surface area (Å²) in [5, 5.41) is 2.92. The van der Waals surface area contributed by atoms with E-state index in [0.717, 1.165) is 30.0 Å². The van der Waals surface area contributed by atoms with E-state index in [1.807, 2.05) is 6.92 Å². The second-order valence-corrected chi connectivity index (χ2v) is 7.84. The summed E-state index contributed by atoms with van der Waals surface area (Å²) >= 11 is 0. The second kappa shape index (κ2) is 8.29. The lowest BCUT2D eigenvalue weighted by atomic mass is 10.1. The zero-order valence-corrected chi connectivity index (χ0v) is 14.6. The Bertz CT molecular complexity index is 597. The van der Waals surface area contributed by atoms with E-state index in [1.54, 1.807) is 12.1 Å². The number of sulfonamides is 1. The lowest BCUT2D eigenvalue weighted by Crippen LogP contribution is -2.32. The Labute approximate surface area is 133 Å². The Morgan fingerprint density at radius 3 is 2.55 bits per heavy atom. The van der Waals surface area contributed by atoms with Crippen LogP contribution >= 0.6 is 0 Å². The van der Waals surface area contributed by atoms with Crippen LogP contribution in [0.15, 0.2) is 29.2 Å². The van der Waals surface area contributed by atoms with Crippen LogP contribution in [-0.4, -0.2) is 38.8 Å². The van der Waals surface area contributed by atoms with E-state index in [-0.39, 0.29) is 16.8 Å². The minimum absolute atomic E-state index is 0.0770. The van der Waals surface area contributed by atoms with E-state index >= 15 is 0 Å². The molecule has 0 saturated heterocycles. The van der Waals surface area contributed by atoms with Crippen LogP contribution in [0.2, 0.25) is 0 Å². The number of nitrogens with zero attached hydrogens (tertiary/aromatic N) is 1. The molecule has 1 atom stereocenters. The molecule has 0 spiro atoms. The number of carbonyl (C=O) groups excluding carboxylic acids is 1. The lowest BCUT2D eigenvalue weighted by molar-refractivity contribution is 0.0937. The molecule has 124 valence electrons. The van der Waals surface area contributed by atoms with Crippen molar-refractivity contribution in [1.82, 2.24) is 9.62 Å². The molecule has 1 N–H and O–H groups in total. The zero-order chi connectivity index (χ0) is 16.8. The molecule has 0 heterocycles. The normalized spacial score (nSPS) is 13.1. The predicted octanol–water partition coefficient (Wildman–Crippen LogP) is 2.64. The number of unbranched alkanes of at least 4 members (excludes halogenated alkanes) is 2. The molecule has 5 nitrogen and oxygen atoms in total. The number of benzene rings is 1. The van der Waals surface area contributed by atoms with Crippen LogP contribution in [0.25, 0.3) is 0 Å². The number of hydrogen-bond donors (Lipinski definition) is 1. The monoisotopic (exact) mass is 326 g/mol. The number of carbonyl (C=O) groups is 1. The summed E-state index contributed by atoms with van der Waals surface area (Å²) in [6.07, 6.45) is 4.30. The molecule has 6 heteroatoms. The van der Waals surface area contributed by atoms with Gasteiger partial charge in [-0.3, -0.25) is 4.79 Å². The standard InChI is InChI=1S/C16H26N2O3S/c1-5-6-7-9-13(2)17-16(19)14-10-8-11-15(12-14)22(20,21)18(3)4/h8,10-13H,5-7,9H2,1-4H3,(H,17,19)/t13-/m0/s1. The van der Waals surface area contributed by atoms with Gasteiger partial charge in [-0.25, -0.2) is 12.7 Å². The van der Waals surface area contributed by atoms with Gasteiger partial charge in [-0.1, -0.05) is 32.3 Å². The van der Waals surface area contributed by atoms with E-state index in [9.17, 15) is 13.2 Å². The van der Waals surface area contributed by atoms with Crippen LogP contribution in [0.4, 0.5) is 0 Å². The van der Waals surface area contributed by atoms with Gasteiger partial charge in [-0.2, -0.15) is 0 Å². The first-order valence-electron chi connectivity index (χ1n) is 7.62. The van der Waals surface area contributed by atoms with E-state index < -0.39 is 10.0 Å². The van der Waals surface area contributed by atoms with Gasteiger partial charge in [0.2, 0.25) is 10.0 Å². The highest BCUT2D eigenvalue weighted by atomic mass is 32.2. The molecule has 0 bridgehead atoms. The van der Waals surface area contributed by atoms with Gasteiger partial charge in [0.1, 0.15) is 0 Å². The smallest absolute Gasteiger partial charge is 0.251 e. The lowest BCUT2D eigenvalue weighted by Gasteiger charge is -2.15. The van der Waals surface area contributed by atoms with Gasteiger partial charge >= 0.3 is 0 Å². The van der Waals surface area contributed by atoms with Crippen molar-refractivity contribution in [2.24, 2.45) is 0 Å². The van der Waals surface area contributed by atoms with E-state index in [4.69, 9.17) is 0 Å². The number of amides is 1. The molecule has 1 rings (SSSR count). The summed E-state index contributed by atoms with van der Waals surface area (Å²) < 4.78 is 25.3. The average molecular weight is 326 g/mol. The SMILES string of the molecule is CCCCC[C@H](C)NC(=O)c1cccc(S(=O)(=O)N(C)C)c1. The Hall–Kier alpha value is -1.40. The maximum absolute atomic E-state index is 12.2. The van der Waals surface area contributed by atoms with Crippen molar-refractivity contribution < 1.29 is 13.2 Å². The molecule has 22 heavy (non-hydrogen) atoms. The van der Waals surface area contributed by atoms with Crippen molar-refractivity contribution in [2.75, 3.05) is 14.1 Å². The van der Waals surface area contributed by atoms with Gasteiger partial charge in [0.05, 0.1) is 4.90 Å². The molecule has 0 aliphatic heterocycles. The third-order valence-electron chi connectivity index (χ3n) is 3.49. The van der Waals surface area contributed by atoms with Crippen molar-refractivity contribution in [3.63, 3.8) is 0 Å². The summed E-state index contributed by atoms with van der Waals surface area (Å²) in [5.74, 6) is -0.236. The summed E-state index contributed by atoms with van der Waals surface area (Å²) in [4.78, 5) is 12.3. The van der Waals surface area contributed by atoms with E-state index in [2.05, 4.69) is 12.2 Å². The largest absolute Gasteiger partial charge is 0.350 e. The number of hydrogen-bond acceptors (Lipinski definition) is 3.